The van der Waals surface area contributed by atoms with Crippen LogP contribution >= 0.6 is 0 Å². The van der Waals surface area contributed by atoms with E-state index in [9.17, 15) is 4.39 Å². The minimum absolute atomic E-state index is 0.216. The van der Waals surface area contributed by atoms with Crippen molar-refractivity contribution in [2.75, 3.05) is 19.6 Å². The number of nitrogens with zero attached hydrogens (tertiary/aromatic N) is 2. The van der Waals surface area contributed by atoms with Gasteiger partial charge >= 0.3 is 0 Å². The molecule has 1 N–H and O–H groups in total. The fourth-order valence-electron chi connectivity index (χ4n) is 2.62. The summed E-state index contributed by atoms with van der Waals surface area (Å²) in [5.74, 6) is -0.255. The maximum absolute atomic E-state index is 13.2. The van der Waals surface area contributed by atoms with Crippen molar-refractivity contribution in [2.45, 2.75) is 32.4 Å². The molecule has 2 atom stereocenters. The molecule has 2 heterocycles. The Morgan fingerprint density at radius 3 is 3.00 bits per heavy atom. The van der Waals surface area contributed by atoms with E-state index in [1.165, 1.54) is 12.6 Å². The molecule has 4 heteroatoms. The highest BCUT2D eigenvalue weighted by molar-refractivity contribution is 5.15. The van der Waals surface area contributed by atoms with Gasteiger partial charge in [0.2, 0.25) is 0 Å². The van der Waals surface area contributed by atoms with Gasteiger partial charge in [-0.3, -0.25) is 9.88 Å². The van der Waals surface area contributed by atoms with Gasteiger partial charge in [0.05, 0.1) is 6.20 Å². The lowest BCUT2D eigenvalue weighted by molar-refractivity contribution is 0.162. The summed E-state index contributed by atoms with van der Waals surface area (Å²) in [5.41, 5.74) is 0.957. The maximum atomic E-state index is 13.2. The predicted octanol–water partition coefficient (Wildman–Crippen LogP) is 1.97. The van der Waals surface area contributed by atoms with E-state index in [1.807, 2.05) is 0 Å². The number of hydrogen-bond acceptors (Lipinski definition) is 3. The molecule has 2 unspecified atom stereocenters. The Kier molecular flexibility index (Phi) is 4.07. The first-order valence-corrected chi connectivity index (χ1v) is 6.29. The minimum atomic E-state index is -0.255. The molecule has 1 aliphatic heterocycles. The quantitative estimate of drug-likeness (QED) is 0.867. The molecule has 1 aromatic heterocycles. The Balaban J connectivity index is 2.13. The van der Waals surface area contributed by atoms with Crippen LogP contribution in [0.1, 0.15) is 31.9 Å². The van der Waals surface area contributed by atoms with E-state index in [0.29, 0.717) is 6.04 Å². The molecule has 0 amide bonds. The number of rotatable bonds is 4. The van der Waals surface area contributed by atoms with E-state index < -0.39 is 0 Å². The number of hydrogen-bond donors (Lipinski definition) is 1. The zero-order chi connectivity index (χ0) is 12.3. The summed E-state index contributed by atoms with van der Waals surface area (Å²) in [7, 11) is 0. The third-order valence-corrected chi connectivity index (χ3v) is 3.57. The summed E-state index contributed by atoms with van der Waals surface area (Å²) in [6, 6.07) is 2.36. The topological polar surface area (TPSA) is 28.2 Å². The minimum Gasteiger partial charge on any atom is -0.315 e. The number of pyridine rings is 1. The van der Waals surface area contributed by atoms with Crippen molar-refractivity contribution >= 4 is 0 Å². The highest BCUT2D eigenvalue weighted by atomic mass is 19.1. The normalized spacial score (nSPS) is 22.0. The van der Waals surface area contributed by atoms with Crippen molar-refractivity contribution in [2.24, 2.45) is 0 Å². The van der Waals surface area contributed by atoms with Crippen LogP contribution in [0.15, 0.2) is 18.5 Å². The molecule has 0 bridgehead atoms. The summed E-state index contributed by atoms with van der Waals surface area (Å²) in [6.07, 6.45) is 4.18. The summed E-state index contributed by atoms with van der Waals surface area (Å²) in [5, 5.41) is 3.37. The summed E-state index contributed by atoms with van der Waals surface area (Å²) in [6.45, 7) is 7.36. The van der Waals surface area contributed by atoms with Gasteiger partial charge in [-0.2, -0.15) is 0 Å². The van der Waals surface area contributed by atoms with Gasteiger partial charge in [0, 0.05) is 24.8 Å². The fraction of sp³-hybridized carbons (Fsp3) is 0.615. The molecule has 1 aromatic rings. The van der Waals surface area contributed by atoms with E-state index in [-0.39, 0.29) is 11.9 Å². The molecule has 0 spiro atoms. The van der Waals surface area contributed by atoms with Crippen molar-refractivity contribution in [3.63, 3.8) is 0 Å². The molecule has 0 aromatic carbocycles. The van der Waals surface area contributed by atoms with Gasteiger partial charge < -0.3 is 5.32 Å². The van der Waals surface area contributed by atoms with Crippen LogP contribution in [-0.2, 0) is 0 Å². The van der Waals surface area contributed by atoms with Crippen LogP contribution in [0, 0.1) is 5.82 Å². The molecule has 0 aliphatic carbocycles. The van der Waals surface area contributed by atoms with E-state index >= 15 is 0 Å². The van der Waals surface area contributed by atoms with Crippen LogP contribution in [0.5, 0.6) is 0 Å². The molecular formula is C13H20FN3. The number of nitrogens with one attached hydrogen (secondary N) is 1. The van der Waals surface area contributed by atoms with Gasteiger partial charge in [0.15, 0.2) is 0 Å². The van der Waals surface area contributed by atoms with Gasteiger partial charge in [-0.1, -0.05) is 6.92 Å². The third-order valence-electron chi connectivity index (χ3n) is 3.57. The lowest BCUT2D eigenvalue weighted by Crippen LogP contribution is -2.38. The Hall–Kier alpha value is -1.00. The van der Waals surface area contributed by atoms with Gasteiger partial charge in [-0.25, -0.2) is 4.39 Å². The average molecular weight is 237 g/mol. The second-order valence-corrected chi connectivity index (χ2v) is 4.59. The van der Waals surface area contributed by atoms with Crippen molar-refractivity contribution in [1.82, 2.24) is 15.2 Å². The van der Waals surface area contributed by atoms with Crippen LogP contribution < -0.4 is 5.32 Å². The lowest BCUT2D eigenvalue weighted by Gasteiger charge is -2.33. The highest BCUT2D eigenvalue weighted by Gasteiger charge is 2.25. The summed E-state index contributed by atoms with van der Waals surface area (Å²) in [4.78, 5) is 6.34. The van der Waals surface area contributed by atoms with Crippen molar-refractivity contribution in [1.29, 1.82) is 0 Å². The maximum Gasteiger partial charge on any atom is 0.141 e. The van der Waals surface area contributed by atoms with Crippen LogP contribution in [-0.4, -0.2) is 35.6 Å². The first kappa shape index (κ1) is 12.5. The zero-order valence-electron chi connectivity index (χ0n) is 10.5. The van der Waals surface area contributed by atoms with Crippen LogP contribution in [0.3, 0.4) is 0 Å². The van der Waals surface area contributed by atoms with E-state index in [1.54, 1.807) is 12.3 Å². The zero-order valence-corrected chi connectivity index (χ0v) is 10.5. The first-order chi connectivity index (χ1) is 8.22. The molecule has 2 rings (SSSR count). The van der Waals surface area contributed by atoms with E-state index in [2.05, 4.69) is 29.0 Å². The smallest absolute Gasteiger partial charge is 0.141 e. The summed E-state index contributed by atoms with van der Waals surface area (Å²) < 4.78 is 13.2. The van der Waals surface area contributed by atoms with Crippen molar-refractivity contribution < 1.29 is 4.39 Å². The Morgan fingerprint density at radius 2 is 2.41 bits per heavy atom. The standard InChI is InChI=1S/C13H20FN3/c1-3-17(13-4-5-15-9-13)10(2)11-6-12(14)8-16-7-11/h6-8,10,13,15H,3-5,9H2,1-2H3. The van der Waals surface area contributed by atoms with Gasteiger partial charge in [0.25, 0.3) is 0 Å². The number of aromatic nitrogens is 1. The predicted molar refractivity (Wildman–Crippen MR) is 66.3 cm³/mol. The average Bonchev–Trinajstić information content (AvgIpc) is 2.83. The van der Waals surface area contributed by atoms with E-state index in [4.69, 9.17) is 0 Å². The molecular weight excluding hydrogens is 217 g/mol. The van der Waals surface area contributed by atoms with Crippen LogP contribution in [0.2, 0.25) is 0 Å². The largest absolute Gasteiger partial charge is 0.315 e. The second kappa shape index (κ2) is 5.56. The molecule has 0 radical (unpaired) electrons. The Morgan fingerprint density at radius 1 is 1.59 bits per heavy atom. The van der Waals surface area contributed by atoms with Gasteiger partial charge in [0.1, 0.15) is 5.82 Å². The number of halogens is 1. The Bertz CT molecular complexity index is 363. The SMILES string of the molecule is CCN(C1CCNC1)C(C)c1cncc(F)c1. The molecule has 1 aliphatic rings. The van der Waals surface area contributed by atoms with Crippen LogP contribution in [0.25, 0.3) is 0 Å². The Labute approximate surface area is 102 Å². The first-order valence-electron chi connectivity index (χ1n) is 6.29. The lowest BCUT2D eigenvalue weighted by atomic mass is 10.1. The summed E-state index contributed by atoms with van der Waals surface area (Å²) >= 11 is 0. The molecule has 17 heavy (non-hydrogen) atoms. The van der Waals surface area contributed by atoms with Crippen LogP contribution in [0.4, 0.5) is 4.39 Å². The molecule has 0 saturated carbocycles. The van der Waals surface area contributed by atoms with Gasteiger partial charge in [-0.05, 0) is 38.1 Å². The number of likely N-dealkylation sites (N-methyl/N-ethyl adjacent to an activating group) is 1. The molecule has 94 valence electrons. The van der Waals surface area contributed by atoms with Crippen molar-refractivity contribution in [3.8, 4) is 0 Å². The molecule has 3 nitrogen and oxygen atoms in total. The fourth-order valence-corrected chi connectivity index (χ4v) is 2.62. The molecule has 1 fully saturated rings. The molecule has 1 saturated heterocycles. The van der Waals surface area contributed by atoms with Crippen molar-refractivity contribution in [3.05, 3.63) is 29.8 Å². The van der Waals surface area contributed by atoms with Gasteiger partial charge in [-0.15, -0.1) is 0 Å². The highest BCUT2D eigenvalue weighted by Crippen LogP contribution is 2.24. The monoisotopic (exact) mass is 237 g/mol. The second-order valence-electron chi connectivity index (χ2n) is 4.59. The third kappa shape index (κ3) is 2.82. The van der Waals surface area contributed by atoms with E-state index in [0.717, 1.165) is 25.2 Å².